The molecular formula is C16H24N2O2S. The number of rotatable bonds is 3. The van der Waals surface area contributed by atoms with Crippen molar-refractivity contribution >= 4 is 10.0 Å². The molecule has 2 heterocycles. The summed E-state index contributed by atoms with van der Waals surface area (Å²) in [5, 5.41) is 3.34. The van der Waals surface area contributed by atoms with E-state index in [1.807, 2.05) is 12.1 Å². The molecule has 1 aromatic carbocycles. The fourth-order valence-corrected chi connectivity index (χ4v) is 5.09. The van der Waals surface area contributed by atoms with E-state index in [2.05, 4.69) is 17.4 Å². The number of nitrogens with zero attached hydrogens (tertiary/aromatic N) is 1. The highest BCUT2D eigenvalue weighted by Crippen LogP contribution is 2.19. The Morgan fingerprint density at radius 1 is 1.10 bits per heavy atom. The van der Waals surface area contributed by atoms with Crippen LogP contribution in [0.4, 0.5) is 0 Å². The highest BCUT2D eigenvalue weighted by Gasteiger charge is 2.28. The van der Waals surface area contributed by atoms with Crippen LogP contribution in [0.2, 0.25) is 0 Å². The lowest BCUT2D eigenvalue weighted by atomic mass is 10.0. The van der Waals surface area contributed by atoms with Crippen molar-refractivity contribution in [2.45, 2.75) is 38.1 Å². The predicted octanol–water partition coefficient (Wildman–Crippen LogP) is 1.56. The van der Waals surface area contributed by atoms with Crippen molar-refractivity contribution in [3.8, 4) is 0 Å². The van der Waals surface area contributed by atoms with Crippen LogP contribution in [0.25, 0.3) is 0 Å². The molecule has 0 aliphatic carbocycles. The van der Waals surface area contributed by atoms with Gasteiger partial charge in [-0.3, -0.25) is 0 Å². The zero-order valence-corrected chi connectivity index (χ0v) is 13.2. The van der Waals surface area contributed by atoms with Gasteiger partial charge in [-0.25, -0.2) is 12.7 Å². The molecule has 21 heavy (non-hydrogen) atoms. The smallest absolute Gasteiger partial charge is 0.215 e. The molecule has 2 aliphatic rings. The molecule has 0 bridgehead atoms. The van der Waals surface area contributed by atoms with E-state index in [1.165, 1.54) is 11.1 Å². The van der Waals surface area contributed by atoms with Crippen molar-refractivity contribution in [2.24, 2.45) is 0 Å². The van der Waals surface area contributed by atoms with Crippen molar-refractivity contribution in [3.05, 3.63) is 35.4 Å². The van der Waals surface area contributed by atoms with E-state index in [9.17, 15) is 8.42 Å². The lowest BCUT2D eigenvalue weighted by molar-refractivity contribution is 0.395. The second kappa shape index (κ2) is 6.46. The summed E-state index contributed by atoms with van der Waals surface area (Å²) >= 11 is 0. The second-order valence-electron chi connectivity index (χ2n) is 6.09. The Kier molecular flexibility index (Phi) is 4.62. The lowest BCUT2D eigenvalue weighted by Gasteiger charge is -2.27. The Bertz CT molecular complexity index is 553. The van der Waals surface area contributed by atoms with Gasteiger partial charge in [-0.1, -0.05) is 30.7 Å². The first-order valence-electron chi connectivity index (χ1n) is 7.93. The van der Waals surface area contributed by atoms with Crippen molar-refractivity contribution in [1.82, 2.24) is 9.62 Å². The van der Waals surface area contributed by atoms with E-state index in [1.54, 1.807) is 4.31 Å². The molecule has 116 valence electrons. The van der Waals surface area contributed by atoms with Gasteiger partial charge in [-0.2, -0.15) is 0 Å². The van der Waals surface area contributed by atoms with E-state index in [0.717, 1.165) is 38.6 Å². The Morgan fingerprint density at radius 3 is 2.33 bits per heavy atom. The maximum absolute atomic E-state index is 12.6. The van der Waals surface area contributed by atoms with Crippen LogP contribution in [0.5, 0.6) is 0 Å². The van der Waals surface area contributed by atoms with Crippen LogP contribution >= 0.6 is 0 Å². The maximum Gasteiger partial charge on any atom is 0.215 e. The molecule has 1 atom stereocenters. The summed E-state index contributed by atoms with van der Waals surface area (Å²) < 4.78 is 27.0. The predicted molar refractivity (Wildman–Crippen MR) is 84.9 cm³/mol. The summed E-state index contributed by atoms with van der Waals surface area (Å²) in [7, 11) is -3.15. The van der Waals surface area contributed by atoms with Gasteiger partial charge < -0.3 is 5.32 Å². The van der Waals surface area contributed by atoms with Gasteiger partial charge in [0.2, 0.25) is 10.0 Å². The largest absolute Gasteiger partial charge is 0.313 e. The summed E-state index contributed by atoms with van der Waals surface area (Å²) in [5.74, 6) is 0.253. The van der Waals surface area contributed by atoms with E-state index in [0.29, 0.717) is 13.1 Å². The SMILES string of the molecule is O=S(=O)(CC1CCCCN1)N1CCc2ccccc2CC1. The van der Waals surface area contributed by atoms with Gasteiger partial charge in [-0.15, -0.1) is 0 Å². The number of hydrogen-bond acceptors (Lipinski definition) is 3. The third-order valence-corrected chi connectivity index (χ3v) is 6.57. The molecule has 1 fully saturated rings. The number of nitrogens with one attached hydrogen (secondary N) is 1. The van der Waals surface area contributed by atoms with Gasteiger partial charge in [0.15, 0.2) is 0 Å². The Morgan fingerprint density at radius 2 is 1.76 bits per heavy atom. The molecule has 0 amide bonds. The normalized spacial score (nSPS) is 24.3. The zero-order valence-electron chi connectivity index (χ0n) is 12.4. The number of piperidine rings is 1. The molecular weight excluding hydrogens is 284 g/mol. The number of fused-ring (bicyclic) bond motifs is 1. The molecule has 0 saturated carbocycles. The third kappa shape index (κ3) is 3.65. The molecule has 0 spiro atoms. The zero-order chi connectivity index (χ0) is 14.7. The molecule has 1 aromatic rings. The van der Waals surface area contributed by atoms with Crippen molar-refractivity contribution in [2.75, 3.05) is 25.4 Å². The average Bonchev–Trinajstić information content (AvgIpc) is 2.71. The van der Waals surface area contributed by atoms with Crippen LogP contribution in [0.1, 0.15) is 30.4 Å². The monoisotopic (exact) mass is 308 g/mol. The van der Waals surface area contributed by atoms with Crippen LogP contribution in [0, 0.1) is 0 Å². The Labute approximate surface area is 127 Å². The Hall–Kier alpha value is -0.910. The van der Waals surface area contributed by atoms with E-state index in [4.69, 9.17) is 0 Å². The summed E-state index contributed by atoms with van der Waals surface area (Å²) in [6.07, 6.45) is 4.93. The van der Waals surface area contributed by atoms with Gasteiger partial charge >= 0.3 is 0 Å². The second-order valence-corrected chi connectivity index (χ2v) is 8.11. The van der Waals surface area contributed by atoms with Gasteiger partial charge in [0, 0.05) is 19.1 Å². The van der Waals surface area contributed by atoms with Crippen LogP contribution < -0.4 is 5.32 Å². The highest BCUT2D eigenvalue weighted by molar-refractivity contribution is 7.89. The molecule has 1 N–H and O–H groups in total. The minimum atomic E-state index is -3.15. The van der Waals surface area contributed by atoms with E-state index < -0.39 is 10.0 Å². The fraction of sp³-hybridized carbons (Fsp3) is 0.625. The Balaban J connectivity index is 1.66. The third-order valence-electron chi connectivity index (χ3n) is 4.60. The lowest BCUT2D eigenvalue weighted by Crippen LogP contribution is -2.44. The van der Waals surface area contributed by atoms with Gasteiger partial charge in [0.1, 0.15) is 0 Å². The highest BCUT2D eigenvalue weighted by atomic mass is 32.2. The minimum Gasteiger partial charge on any atom is -0.313 e. The summed E-state index contributed by atoms with van der Waals surface area (Å²) in [6.45, 7) is 2.18. The molecule has 4 nitrogen and oxygen atoms in total. The molecule has 1 saturated heterocycles. The van der Waals surface area contributed by atoms with Crippen LogP contribution in [-0.2, 0) is 22.9 Å². The molecule has 5 heteroatoms. The van der Waals surface area contributed by atoms with Crippen molar-refractivity contribution in [1.29, 1.82) is 0 Å². The molecule has 0 radical (unpaired) electrons. The quantitative estimate of drug-likeness (QED) is 0.922. The fourth-order valence-electron chi connectivity index (χ4n) is 3.35. The number of hydrogen-bond donors (Lipinski definition) is 1. The first-order chi connectivity index (χ1) is 10.1. The van der Waals surface area contributed by atoms with Crippen LogP contribution in [-0.4, -0.2) is 44.2 Å². The standard InChI is InChI=1S/C16H24N2O2S/c19-21(20,13-16-7-3-4-10-17-16)18-11-8-14-5-1-2-6-15(14)9-12-18/h1-2,5-6,16-17H,3-4,7-13H2. The summed E-state index contributed by atoms with van der Waals surface area (Å²) in [6, 6.07) is 8.45. The van der Waals surface area contributed by atoms with Gasteiger partial charge in [0.25, 0.3) is 0 Å². The summed E-state index contributed by atoms with van der Waals surface area (Å²) in [5.41, 5.74) is 2.59. The molecule has 2 aliphatic heterocycles. The number of benzene rings is 1. The first kappa shape index (κ1) is 15.0. The maximum atomic E-state index is 12.6. The van der Waals surface area contributed by atoms with Gasteiger partial charge in [-0.05, 0) is 43.4 Å². The van der Waals surface area contributed by atoms with Crippen LogP contribution in [0.3, 0.4) is 0 Å². The minimum absolute atomic E-state index is 0.134. The molecule has 3 rings (SSSR count). The van der Waals surface area contributed by atoms with E-state index >= 15 is 0 Å². The van der Waals surface area contributed by atoms with Crippen molar-refractivity contribution in [3.63, 3.8) is 0 Å². The van der Waals surface area contributed by atoms with Crippen molar-refractivity contribution < 1.29 is 8.42 Å². The average molecular weight is 308 g/mol. The summed E-state index contributed by atoms with van der Waals surface area (Å²) in [4.78, 5) is 0. The van der Waals surface area contributed by atoms with Gasteiger partial charge in [0.05, 0.1) is 5.75 Å². The topological polar surface area (TPSA) is 49.4 Å². The van der Waals surface area contributed by atoms with E-state index in [-0.39, 0.29) is 11.8 Å². The first-order valence-corrected chi connectivity index (χ1v) is 9.54. The number of sulfonamides is 1. The molecule has 1 unspecified atom stereocenters. The van der Waals surface area contributed by atoms with Crippen LogP contribution in [0.15, 0.2) is 24.3 Å². The molecule has 0 aromatic heterocycles.